The molecule has 0 spiro atoms. The first-order chi connectivity index (χ1) is 9.38. The molecule has 2 rings (SSSR count). The van der Waals surface area contributed by atoms with Gasteiger partial charge >= 0.3 is 0 Å². The number of nitrogens with zero attached hydrogens (tertiary/aromatic N) is 2. The highest BCUT2D eigenvalue weighted by Crippen LogP contribution is 2.21. The Labute approximate surface area is 117 Å². The van der Waals surface area contributed by atoms with Crippen LogP contribution in [0.4, 0.5) is 4.39 Å². The van der Waals surface area contributed by atoms with Crippen LogP contribution in [0.1, 0.15) is 37.0 Å². The molecule has 0 saturated heterocycles. The fourth-order valence-corrected chi connectivity index (χ4v) is 1.66. The monoisotopic (exact) mass is 281 g/mol. The van der Waals surface area contributed by atoms with Crippen LogP contribution < -0.4 is 5.43 Å². The molecule has 1 aliphatic rings. The molecule has 1 saturated carbocycles. The van der Waals surface area contributed by atoms with Gasteiger partial charge in [0, 0.05) is 18.4 Å². The first kappa shape index (κ1) is 14.9. The average Bonchev–Trinajstić information content (AvgIpc) is 3.21. The lowest BCUT2D eigenvalue weighted by molar-refractivity contribution is -0.0226. The summed E-state index contributed by atoms with van der Waals surface area (Å²) in [6.45, 7) is 2.58. The van der Waals surface area contributed by atoms with Gasteiger partial charge in [0.05, 0.1) is 17.7 Å². The van der Waals surface area contributed by atoms with Crippen LogP contribution in [0.25, 0.3) is 0 Å². The van der Waals surface area contributed by atoms with E-state index in [1.165, 1.54) is 25.1 Å². The van der Waals surface area contributed by atoms with Gasteiger partial charge in [0.15, 0.2) is 0 Å². The lowest BCUT2D eigenvalue weighted by Crippen LogP contribution is -2.51. The second-order valence-corrected chi connectivity index (χ2v) is 5.68. The molecule has 1 aromatic rings. The lowest BCUT2D eigenvalue weighted by Gasteiger charge is -2.30. The highest BCUT2D eigenvalue weighted by atomic mass is 19.1. The third-order valence-corrected chi connectivity index (χ3v) is 3.18. The second kappa shape index (κ2) is 5.85. The SMILES string of the molecule is CC(C)(O)C(F)CN(NC1CC1)C(=O)c1cccnc1. The van der Waals surface area contributed by atoms with Gasteiger partial charge in [-0.15, -0.1) is 0 Å². The van der Waals surface area contributed by atoms with Crippen LogP contribution >= 0.6 is 0 Å². The summed E-state index contributed by atoms with van der Waals surface area (Å²) in [5, 5.41) is 10.9. The van der Waals surface area contributed by atoms with Gasteiger partial charge in [-0.3, -0.25) is 14.8 Å². The Morgan fingerprint density at radius 1 is 1.65 bits per heavy atom. The van der Waals surface area contributed by atoms with Crippen LogP contribution in [-0.4, -0.2) is 45.4 Å². The number of aliphatic hydroxyl groups is 1. The highest BCUT2D eigenvalue weighted by Gasteiger charge is 2.33. The minimum absolute atomic E-state index is 0.201. The molecule has 0 aromatic carbocycles. The van der Waals surface area contributed by atoms with Crippen molar-refractivity contribution in [2.45, 2.75) is 44.5 Å². The zero-order valence-corrected chi connectivity index (χ0v) is 11.7. The Morgan fingerprint density at radius 2 is 2.35 bits per heavy atom. The molecular weight excluding hydrogens is 261 g/mol. The van der Waals surface area contributed by atoms with E-state index >= 15 is 0 Å². The first-order valence-electron chi connectivity index (χ1n) is 6.72. The summed E-state index contributed by atoms with van der Waals surface area (Å²) >= 11 is 0. The topological polar surface area (TPSA) is 65.5 Å². The summed E-state index contributed by atoms with van der Waals surface area (Å²) in [4.78, 5) is 16.2. The number of rotatable bonds is 6. The van der Waals surface area contributed by atoms with E-state index in [1.807, 2.05) is 0 Å². The van der Waals surface area contributed by atoms with E-state index in [9.17, 15) is 14.3 Å². The smallest absolute Gasteiger partial charge is 0.269 e. The summed E-state index contributed by atoms with van der Waals surface area (Å²) in [6, 6.07) is 3.50. The van der Waals surface area contributed by atoms with Gasteiger partial charge < -0.3 is 5.11 Å². The summed E-state index contributed by atoms with van der Waals surface area (Å²) in [6.07, 6.45) is 3.42. The molecule has 1 aromatic heterocycles. The Kier molecular flexibility index (Phi) is 4.35. The average molecular weight is 281 g/mol. The summed E-state index contributed by atoms with van der Waals surface area (Å²) in [5.74, 6) is -0.336. The van der Waals surface area contributed by atoms with Crippen molar-refractivity contribution < 1.29 is 14.3 Å². The minimum Gasteiger partial charge on any atom is -0.387 e. The van der Waals surface area contributed by atoms with E-state index in [2.05, 4.69) is 10.4 Å². The van der Waals surface area contributed by atoms with Gasteiger partial charge in [-0.05, 0) is 38.8 Å². The number of amides is 1. The molecule has 1 atom stereocenters. The highest BCUT2D eigenvalue weighted by molar-refractivity contribution is 5.93. The molecular formula is C14H20FN3O2. The van der Waals surface area contributed by atoms with Gasteiger partial charge in [-0.25, -0.2) is 9.82 Å². The van der Waals surface area contributed by atoms with Crippen LogP contribution in [0.3, 0.4) is 0 Å². The van der Waals surface area contributed by atoms with Crippen molar-refractivity contribution in [2.75, 3.05) is 6.54 Å². The summed E-state index contributed by atoms with van der Waals surface area (Å²) in [5.41, 5.74) is 1.90. The number of pyridine rings is 1. The van der Waals surface area contributed by atoms with E-state index in [0.717, 1.165) is 12.8 Å². The van der Waals surface area contributed by atoms with E-state index in [0.29, 0.717) is 5.56 Å². The van der Waals surface area contributed by atoms with Crippen LogP contribution in [0.15, 0.2) is 24.5 Å². The van der Waals surface area contributed by atoms with E-state index in [1.54, 1.807) is 18.3 Å². The fraction of sp³-hybridized carbons (Fsp3) is 0.571. The van der Waals surface area contributed by atoms with Crippen molar-refractivity contribution in [3.05, 3.63) is 30.1 Å². The number of alkyl halides is 1. The summed E-state index contributed by atoms with van der Waals surface area (Å²) < 4.78 is 14.0. The van der Waals surface area contributed by atoms with Crippen molar-refractivity contribution in [1.82, 2.24) is 15.4 Å². The van der Waals surface area contributed by atoms with E-state index in [4.69, 9.17) is 0 Å². The third kappa shape index (κ3) is 3.98. The molecule has 1 heterocycles. The lowest BCUT2D eigenvalue weighted by atomic mass is 10.0. The van der Waals surface area contributed by atoms with Gasteiger partial charge in [0.1, 0.15) is 6.17 Å². The van der Waals surface area contributed by atoms with Crippen LogP contribution in [-0.2, 0) is 0 Å². The number of hydrogen-bond acceptors (Lipinski definition) is 4. The Morgan fingerprint density at radius 3 is 2.85 bits per heavy atom. The zero-order valence-electron chi connectivity index (χ0n) is 11.7. The van der Waals surface area contributed by atoms with Crippen molar-refractivity contribution in [3.63, 3.8) is 0 Å². The Bertz CT molecular complexity index is 457. The van der Waals surface area contributed by atoms with Crippen LogP contribution in [0, 0.1) is 0 Å². The van der Waals surface area contributed by atoms with E-state index < -0.39 is 11.8 Å². The Hall–Kier alpha value is -1.53. The minimum atomic E-state index is -1.53. The van der Waals surface area contributed by atoms with Crippen LogP contribution in [0.2, 0.25) is 0 Å². The molecule has 110 valence electrons. The molecule has 5 nitrogen and oxygen atoms in total. The molecule has 6 heteroatoms. The predicted molar refractivity (Wildman–Crippen MR) is 72.6 cm³/mol. The van der Waals surface area contributed by atoms with E-state index in [-0.39, 0.29) is 18.5 Å². The Balaban J connectivity index is 2.08. The number of carbonyl (C=O) groups excluding carboxylic acids is 1. The number of nitrogens with one attached hydrogen (secondary N) is 1. The van der Waals surface area contributed by atoms with Gasteiger partial charge in [0.2, 0.25) is 0 Å². The number of halogens is 1. The summed E-state index contributed by atoms with van der Waals surface area (Å²) in [7, 11) is 0. The standard InChI is InChI=1S/C14H20FN3O2/c1-14(2,20)12(15)9-18(17-11-5-6-11)13(19)10-4-3-7-16-8-10/h3-4,7-8,11-12,17,20H,5-6,9H2,1-2H3. The van der Waals surface area contributed by atoms with Gasteiger partial charge in [-0.1, -0.05) is 0 Å². The van der Waals surface area contributed by atoms with Crippen molar-refractivity contribution in [1.29, 1.82) is 0 Å². The zero-order chi connectivity index (χ0) is 14.8. The number of hydrogen-bond donors (Lipinski definition) is 2. The van der Waals surface area contributed by atoms with Gasteiger partial charge in [-0.2, -0.15) is 0 Å². The maximum atomic E-state index is 14.0. The molecule has 0 radical (unpaired) electrons. The third-order valence-electron chi connectivity index (χ3n) is 3.18. The number of carbonyl (C=O) groups is 1. The quantitative estimate of drug-likeness (QED) is 0.771. The fourth-order valence-electron chi connectivity index (χ4n) is 1.66. The molecule has 1 amide bonds. The number of hydrazine groups is 1. The molecule has 2 N–H and O–H groups in total. The van der Waals surface area contributed by atoms with Crippen molar-refractivity contribution in [2.24, 2.45) is 0 Å². The normalized spacial score (nSPS) is 16.8. The van der Waals surface area contributed by atoms with Crippen LogP contribution in [0.5, 0.6) is 0 Å². The molecule has 0 aliphatic heterocycles. The molecule has 1 unspecified atom stereocenters. The second-order valence-electron chi connectivity index (χ2n) is 5.68. The van der Waals surface area contributed by atoms with Crippen molar-refractivity contribution in [3.8, 4) is 0 Å². The molecule has 1 aliphatic carbocycles. The van der Waals surface area contributed by atoms with Gasteiger partial charge in [0.25, 0.3) is 5.91 Å². The first-order valence-corrected chi connectivity index (χ1v) is 6.72. The molecule has 0 bridgehead atoms. The maximum Gasteiger partial charge on any atom is 0.269 e. The molecule has 20 heavy (non-hydrogen) atoms. The van der Waals surface area contributed by atoms with Crippen molar-refractivity contribution >= 4 is 5.91 Å². The number of aromatic nitrogens is 1. The maximum absolute atomic E-state index is 14.0. The molecule has 1 fully saturated rings. The predicted octanol–water partition coefficient (Wildman–Crippen LogP) is 1.30. The largest absolute Gasteiger partial charge is 0.387 e.